The number of fused-ring (bicyclic) bond motifs is 1. The molecule has 0 saturated carbocycles. The Balaban J connectivity index is 1.93. The molecular formula is C17H15ClFNO2. The fourth-order valence-electron chi connectivity index (χ4n) is 2.70. The lowest BCUT2D eigenvalue weighted by atomic mass is 10.1. The highest BCUT2D eigenvalue weighted by Crippen LogP contribution is 2.34. The van der Waals surface area contributed by atoms with Crippen LogP contribution in [-0.2, 0) is 11.2 Å². The lowest BCUT2D eigenvalue weighted by Crippen LogP contribution is -2.05. The molecular weight excluding hydrogens is 305 g/mol. The summed E-state index contributed by atoms with van der Waals surface area (Å²) >= 11 is 5.88. The van der Waals surface area contributed by atoms with Crippen molar-refractivity contribution >= 4 is 29.2 Å². The molecule has 0 radical (unpaired) electrons. The van der Waals surface area contributed by atoms with Crippen LogP contribution in [0, 0.1) is 5.82 Å². The zero-order valence-corrected chi connectivity index (χ0v) is 12.8. The molecule has 3 nitrogen and oxygen atoms in total. The number of halogens is 2. The summed E-state index contributed by atoms with van der Waals surface area (Å²) in [5, 5.41) is 0.365. The van der Waals surface area contributed by atoms with E-state index in [0.717, 1.165) is 29.7 Å². The minimum absolute atomic E-state index is 0.340. The van der Waals surface area contributed by atoms with Crippen molar-refractivity contribution < 1.29 is 13.9 Å². The molecule has 1 heterocycles. The van der Waals surface area contributed by atoms with Crippen LogP contribution in [-0.4, -0.2) is 17.6 Å². The van der Waals surface area contributed by atoms with E-state index in [0.29, 0.717) is 22.9 Å². The molecule has 0 amide bonds. The first kappa shape index (κ1) is 14.9. The Kier molecular flexibility index (Phi) is 4.03. The molecule has 0 unspecified atom stereocenters. The van der Waals surface area contributed by atoms with Gasteiger partial charge < -0.3 is 9.72 Å². The first-order valence-electron chi connectivity index (χ1n) is 7.13. The summed E-state index contributed by atoms with van der Waals surface area (Å²) in [6.45, 7) is 2.11. The molecule has 1 aliphatic rings. The molecule has 0 saturated heterocycles. The van der Waals surface area contributed by atoms with Crippen LogP contribution in [0.4, 0.5) is 4.39 Å². The summed E-state index contributed by atoms with van der Waals surface area (Å²) in [6.07, 6.45) is 3.59. The van der Waals surface area contributed by atoms with Crippen molar-refractivity contribution in [1.82, 2.24) is 4.98 Å². The third-order valence-corrected chi connectivity index (χ3v) is 3.82. The highest BCUT2D eigenvalue weighted by molar-refractivity contribution is 6.30. The average Bonchev–Trinajstić information content (AvgIpc) is 3.00. The molecule has 0 aliphatic heterocycles. The lowest BCUT2D eigenvalue weighted by molar-refractivity contribution is 0.0520. The Morgan fingerprint density at radius 1 is 1.36 bits per heavy atom. The van der Waals surface area contributed by atoms with Gasteiger partial charge in [0.2, 0.25) is 0 Å². The molecule has 5 heteroatoms. The number of aromatic nitrogens is 1. The van der Waals surface area contributed by atoms with Crippen molar-refractivity contribution in [3.8, 4) is 0 Å². The molecule has 1 aliphatic carbocycles. The van der Waals surface area contributed by atoms with Crippen LogP contribution < -0.4 is 0 Å². The molecule has 0 atom stereocenters. The van der Waals surface area contributed by atoms with E-state index in [1.165, 1.54) is 12.1 Å². The molecule has 3 rings (SSSR count). The molecule has 22 heavy (non-hydrogen) atoms. The Labute approximate surface area is 132 Å². The fraction of sp³-hybridized carbons (Fsp3) is 0.235. The van der Waals surface area contributed by atoms with Crippen LogP contribution in [0.3, 0.4) is 0 Å². The predicted molar refractivity (Wildman–Crippen MR) is 84.4 cm³/mol. The molecule has 0 bridgehead atoms. The second-order valence-electron chi connectivity index (χ2n) is 5.18. The van der Waals surface area contributed by atoms with E-state index in [2.05, 4.69) is 4.98 Å². The van der Waals surface area contributed by atoms with Gasteiger partial charge in [-0.25, -0.2) is 9.18 Å². The van der Waals surface area contributed by atoms with Gasteiger partial charge in [-0.15, -0.1) is 0 Å². The summed E-state index contributed by atoms with van der Waals surface area (Å²) in [6, 6.07) is 6.25. The SMILES string of the molecule is CCOC(=O)c1cc2c([nH]1)/C(=C\c1cc(F)cc(Cl)c1)CC2. The molecule has 114 valence electrons. The lowest BCUT2D eigenvalue weighted by Gasteiger charge is -2.02. The van der Waals surface area contributed by atoms with Gasteiger partial charge in [-0.3, -0.25) is 0 Å². The number of benzene rings is 1. The Bertz CT molecular complexity index is 744. The van der Waals surface area contributed by atoms with Crippen LogP contribution in [0.1, 0.15) is 40.7 Å². The van der Waals surface area contributed by atoms with Gasteiger partial charge >= 0.3 is 5.97 Å². The van der Waals surface area contributed by atoms with Gasteiger partial charge in [-0.1, -0.05) is 11.6 Å². The van der Waals surface area contributed by atoms with E-state index in [4.69, 9.17) is 16.3 Å². The summed E-state index contributed by atoms with van der Waals surface area (Å²) in [5.41, 5.74) is 4.20. The standard InChI is InChI=1S/C17H15ClFNO2/c1-2-22-17(21)15-8-12-4-3-11(16(12)20-15)5-10-6-13(18)9-14(19)7-10/h5-9,20H,2-4H2,1H3/b11-5-. The number of allylic oxidation sites excluding steroid dienone is 1. The highest BCUT2D eigenvalue weighted by atomic mass is 35.5. The summed E-state index contributed by atoms with van der Waals surface area (Å²) in [4.78, 5) is 14.9. The summed E-state index contributed by atoms with van der Waals surface area (Å²) < 4.78 is 18.4. The van der Waals surface area contributed by atoms with E-state index < -0.39 is 0 Å². The maximum absolute atomic E-state index is 13.4. The Morgan fingerprint density at radius 2 is 2.18 bits per heavy atom. The number of rotatable bonds is 3. The maximum atomic E-state index is 13.4. The minimum Gasteiger partial charge on any atom is -0.461 e. The first-order valence-corrected chi connectivity index (χ1v) is 7.50. The molecule has 1 aromatic heterocycles. The normalized spacial score (nSPS) is 15.1. The zero-order valence-electron chi connectivity index (χ0n) is 12.1. The van der Waals surface area contributed by atoms with Crippen molar-refractivity contribution in [3.63, 3.8) is 0 Å². The number of hydrogen-bond acceptors (Lipinski definition) is 2. The highest BCUT2D eigenvalue weighted by Gasteiger charge is 2.22. The number of carbonyl (C=O) groups is 1. The van der Waals surface area contributed by atoms with E-state index in [1.54, 1.807) is 13.0 Å². The van der Waals surface area contributed by atoms with Crippen LogP contribution in [0.15, 0.2) is 24.3 Å². The number of esters is 1. The number of aryl methyl sites for hydroxylation is 1. The van der Waals surface area contributed by atoms with Crippen LogP contribution in [0.5, 0.6) is 0 Å². The smallest absolute Gasteiger partial charge is 0.354 e. The van der Waals surface area contributed by atoms with Gasteiger partial charge in [0.1, 0.15) is 11.5 Å². The van der Waals surface area contributed by atoms with Crippen molar-refractivity contribution in [2.45, 2.75) is 19.8 Å². The first-order chi connectivity index (χ1) is 10.6. The van der Waals surface area contributed by atoms with Gasteiger partial charge in [0.05, 0.1) is 6.61 Å². The number of H-pyrrole nitrogens is 1. The molecule has 0 spiro atoms. The van der Waals surface area contributed by atoms with Gasteiger partial charge in [0, 0.05) is 10.7 Å². The Hall–Kier alpha value is -2.07. The summed E-state index contributed by atoms with van der Waals surface area (Å²) in [7, 11) is 0. The second kappa shape index (κ2) is 5.97. The van der Waals surface area contributed by atoms with E-state index in [-0.39, 0.29) is 11.8 Å². The van der Waals surface area contributed by atoms with Gasteiger partial charge in [-0.2, -0.15) is 0 Å². The molecule has 1 N–H and O–H groups in total. The monoisotopic (exact) mass is 319 g/mol. The van der Waals surface area contributed by atoms with E-state index >= 15 is 0 Å². The number of hydrogen-bond donors (Lipinski definition) is 1. The van der Waals surface area contributed by atoms with Crippen molar-refractivity contribution in [2.24, 2.45) is 0 Å². The van der Waals surface area contributed by atoms with Crippen molar-refractivity contribution in [3.05, 3.63) is 57.6 Å². The van der Waals surface area contributed by atoms with Gasteiger partial charge in [0.15, 0.2) is 0 Å². The Morgan fingerprint density at radius 3 is 2.91 bits per heavy atom. The van der Waals surface area contributed by atoms with Crippen molar-refractivity contribution in [1.29, 1.82) is 0 Å². The molecule has 1 aromatic carbocycles. The third kappa shape index (κ3) is 2.92. The quantitative estimate of drug-likeness (QED) is 0.848. The third-order valence-electron chi connectivity index (χ3n) is 3.61. The predicted octanol–water partition coefficient (Wildman–Crippen LogP) is 4.47. The van der Waals surface area contributed by atoms with Gasteiger partial charge in [0.25, 0.3) is 0 Å². The van der Waals surface area contributed by atoms with Crippen LogP contribution >= 0.6 is 11.6 Å². The zero-order chi connectivity index (χ0) is 15.7. The summed E-state index contributed by atoms with van der Waals surface area (Å²) in [5.74, 6) is -0.721. The average molecular weight is 320 g/mol. The molecule has 0 fully saturated rings. The van der Waals surface area contributed by atoms with E-state index in [9.17, 15) is 9.18 Å². The van der Waals surface area contributed by atoms with E-state index in [1.807, 2.05) is 12.1 Å². The second-order valence-corrected chi connectivity index (χ2v) is 5.61. The number of nitrogens with one attached hydrogen (secondary N) is 1. The topological polar surface area (TPSA) is 42.1 Å². The molecule has 2 aromatic rings. The van der Waals surface area contributed by atoms with Crippen molar-refractivity contribution in [2.75, 3.05) is 6.61 Å². The number of aromatic amines is 1. The van der Waals surface area contributed by atoms with Gasteiger partial charge in [-0.05, 0) is 66.8 Å². The van der Waals surface area contributed by atoms with Crippen LogP contribution in [0.2, 0.25) is 5.02 Å². The number of carbonyl (C=O) groups excluding carboxylic acids is 1. The largest absolute Gasteiger partial charge is 0.461 e. The van der Waals surface area contributed by atoms with Crippen LogP contribution in [0.25, 0.3) is 11.6 Å². The maximum Gasteiger partial charge on any atom is 0.354 e. The fourth-order valence-corrected chi connectivity index (χ4v) is 2.93. The minimum atomic E-state index is -0.365. The number of ether oxygens (including phenoxy) is 1.